The van der Waals surface area contributed by atoms with Crippen LogP contribution >= 0.6 is 0 Å². The summed E-state index contributed by atoms with van der Waals surface area (Å²) in [5.74, 6) is -1.06. The van der Waals surface area contributed by atoms with Crippen LogP contribution in [0, 0.1) is 20.8 Å². The fraction of sp³-hybridized carbons (Fsp3) is 0.350. The summed E-state index contributed by atoms with van der Waals surface area (Å²) in [5, 5.41) is 0. The first-order valence-electron chi connectivity index (χ1n) is 8.37. The summed E-state index contributed by atoms with van der Waals surface area (Å²) in [6.07, 6.45) is 0. The average Bonchev–Trinajstić information content (AvgIpc) is 2.89. The number of aromatic amines is 1. The van der Waals surface area contributed by atoms with Crippen molar-refractivity contribution in [3.63, 3.8) is 0 Å². The Balaban J connectivity index is 1.96. The molecular weight excluding hydrogens is 332 g/mol. The van der Waals surface area contributed by atoms with E-state index in [1.165, 1.54) is 11.8 Å². The lowest BCUT2D eigenvalue weighted by molar-refractivity contribution is -0.133. The number of H-pyrrole nitrogens is 1. The first-order chi connectivity index (χ1) is 12.2. The molecule has 6 heteroatoms. The van der Waals surface area contributed by atoms with Crippen LogP contribution in [0.3, 0.4) is 0 Å². The third-order valence-corrected chi connectivity index (χ3v) is 4.29. The van der Waals surface area contributed by atoms with Crippen LogP contribution < -0.4 is 0 Å². The van der Waals surface area contributed by atoms with Crippen molar-refractivity contribution in [3.05, 3.63) is 57.9 Å². The normalized spacial score (nSPS) is 10.5. The molecule has 0 radical (unpaired) electrons. The van der Waals surface area contributed by atoms with Gasteiger partial charge in [-0.15, -0.1) is 0 Å². The number of aryl methyl sites for hydroxylation is 2. The molecule has 0 saturated heterocycles. The van der Waals surface area contributed by atoms with Gasteiger partial charge in [0.05, 0.1) is 0 Å². The smallest absolute Gasteiger partial charge is 0.355 e. The minimum absolute atomic E-state index is 0.121. The number of nitrogens with one attached hydrogen (secondary N) is 1. The molecular formula is C20H24N2O4. The lowest BCUT2D eigenvalue weighted by Gasteiger charge is -2.17. The highest BCUT2D eigenvalue weighted by Gasteiger charge is 2.22. The quantitative estimate of drug-likeness (QED) is 0.637. The van der Waals surface area contributed by atoms with Crippen LogP contribution in [0.25, 0.3) is 0 Å². The number of carbonyl (C=O) groups is 3. The molecule has 2 aromatic rings. The van der Waals surface area contributed by atoms with Gasteiger partial charge in [-0.05, 0) is 38.8 Å². The largest absolute Gasteiger partial charge is 0.451 e. The molecule has 6 nitrogen and oxygen atoms in total. The maximum absolute atomic E-state index is 12.2. The van der Waals surface area contributed by atoms with E-state index in [-0.39, 0.29) is 24.0 Å². The first-order valence-corrected chi connectivity index (χ1v) is 8.37. The van der Waals surface area contributed by atoms with Crippen molar-refractivity contribution in [1.29, 1.82) is 0 Å². The van der Waals surface area contributed by atoms with Crippen molar-refractivity contribution in [3.8, 4) is 0 Å². The van der Waals surface area contributed by atoms with E-state index in [1.54, 1.807) is 20.9 Å². The number of aromatic nitrogens is 1. The SMILES string of the molecule is CC(=O)c1c(C)[nH]c(C(=O)OCC(=O)N(C)Cc2ccc(C)cc2)c1C. The maximum atomic E-state index is 12.2. The second-order valence-electron chi connectivity index (χ2n) is 6.49. The Bertz CT molecular complexity index is 834. The number of hydrogen-bond acceptors (Lipinski definition) is 4. The highest BCUT2D eigenvalue weighted by atomic mass is 16.5. The molecule has 0 saturated carbocycles. The van der Waals surface area contributed by atoms with Gasteiger partial charge in [0.2, 0.25) is 0 Å². The van der Waals surface area contributed by atoms with Gasteiger partial charge < -0.3 is 14.6 Å². The first kappa shape index (κ1) is 19.4. The van der Waals surface area contributed by atoms with Crippen LogP contribution in [0.15, 0.2) is 24.3 Å². The van der Waals surface area contributed by atoms with Gasteiger partial charge >= 0.3 is 5.97 Å². The molecule has 0 spiro atoms. The maximum Gasteiger partial charge on any atom is 0.355 e. The molecule has 26 heavy (non-hydrogen) atoms. The lowest BCUT2D eigenvalue weighted by atomic mass is 10.1. The molecule has 2 rings (SSSR count). The Morgan fingerprint density at radius 2 is 1.69 bits per heavy atom. The van der Waals surface area contributed by atoms with Gasteiger partial charge in [0.1, 0.15) is 5.69 Å². The van der Waals surface area contributed by atoms with E-state index in [2.05, 4.69) is 4.98 Å². The fourth-order valence-corrected chi connectivity index (χ4v) is 2.85. The summed E-state index contributed by atoms with van der Waals surface area (Å²) >= 11 is 0. The van der Waals surface area contributed by atoms with E-state index in [0.717, 1.165) is 11.1 Å². The molecule has 0 bridgehead atoms. The Labute approximate surface area is 153 Å². The molecule has 1 heterocycles. The molecule has 0 aliphatic heterocycles. The number of amides is 1. The second-order valence-corrected chi connectivity index (χ2v) is 6.49. The van der Waals surface area contributed by atoms with E-state index in [9.17, 15) is 14.4 Å². The molecule has 0 unspecified atom stereocenters. The van der Waals surface area contributed by atoms with Gasteiger partial charge in [0, 0.05) is 24.8 Å². The van der Waals surface area contributed by atoms with Gasteiger partial charge in [0.25, 0.3) is 5.91 Å². The zero-order valence-corrected chi connectivity index (χ0v) is 15.8. The van der Waals surface area contributed by atoms with E-state index >= 15 is 0 Å². The summed E-state index contributed by atoms with van der Waals surface area (Å²) in [6.45, 7) is 6.94. The predicted molar refractivity (Wildman–Crippen MR) is 98.2 cm³/mol. The molecule has 0 fully saturated rings. The standard InChI is InChI=1S/C20H24N2O4/c1-12-6-8-16(9-7-12)10-22(5)17(24)11-26-20(25)19-13(2)18(15(4)23)14(3)21-19/h6-9,21H,10-11H2,1-5H3. The lowest BCUT2D eigenvalue weighted by Crippen LogP contribution is -2.31. The molecule has 1 aromatic carbocycles. The minimum Gasteiger partial charge on any atom is -0.451 e. The molecule has 0 aliphatic carbocycles. The molecule has 0 atom stereocenters. The summed E-state index contributed by atoms with van der Waals surface area (Å²) < 4.78 is 5.12. The van der Waals surface area contributed by atoms with Crippen LogP contribution in [-0.2, 0) is 16.1 Å². The number of nitrogens with zero attached hydrogens (tertiary/aromatic N) is 1. The summed E-state index contributed by atoms with van der Waals surface area (Å²) in [7, 11) is 1.66. The summed E-state index contributed by atoms with van der Waals surface area (Å²) in [4.78, 5) is 40.5. The molecule has 1 aromatic heterocycles. The van der Waals surface area contributed by atoms with Crippen molar-refractivity contribution in [2.75, 3.05) is 13.7 Å². The number of benzene rings is 1. The van der Waals surface area contributed by atoms with Gasteiger partial charge in [-0.3, -0.25) is 9.59 Å². The van der Waals surface area contributed by atoms with Crippen molar-refractivity contribution < 1.29 is 19.1 Å². The number of rotatable bonds is 6. The molecule has 1 N–H and O–H groups in total. The van der Waals surface area contributed by atoms with E-state index in [4.69, 9.17) is 4.74 Å². The monoisotopic (exact) mass is 356 g/mol. The highest BCUT2D eigenvalue weighted by molar-refractivity contribution is 6.01. The van der Waals surface area contributed by atoms with Crippen LogP contribution in [0.2, 0.25) is 0 Å². The molecule has 0 aliphatic rings. The van der Waals surface area contributed by atoms with E-state index in [1.807, 2.05) is 31.2 Å². The third-order valence-electron chi connectivity index (χ3n) is 4.29. The average molecular weight is 356 g/mol. The topological polar surface area (TPSA) is 79.5 Å². The summed E-state index contributed by atoms with van der Waals surface area (Å²) in [5.41, 5.74) is 4.00. The third kappa shape index (κ3) is 4.39. The minimum atomic E-state index is -0.643. The molecule has 1 amide bonds. The van der Waals surface area contributed by atoms with E-state index < -0.39 is 5.97 Å². The fourth-order valence-electron chi connectivity index (χ4n) is 2.85. The number of ketones is 1. The zero-order chi connectivity index (χ0) is 19.4. The predicted octanol–water partition coefficient (Wildman–Crippen LogP) is 2.96. The Hall–Kier alpha value is -2.89. The summed E-state index contributed by atoms with van der Waals surface area (Å²) in [6, 6.07) is 7.88. The van der Waals surface area contributed by atoms with Crippen molar-refractivity contribution in [2.24, 2.45) is 0 Å². The van der Waals surface area contributed by atoms with Crippen LogP contribution in [-0.4, -0.2) is 41.2 Å². The van der Waals surface area contributed by atoms with Gasteiger partial charge in [-0.1, -0.05) is 29.8 Å². The number of hydrogen-bond donors (Lipinski definition) is 1. The highest BCUT2D eigenvalue weighted by Crippen LogP contribution is 2.19. The van der Waals surface area contributed by atoms with Gasteiger partial charge in [-0.2, -0.15) is 0 Å². The second kappa shape index (κ2) is 7.99. The zero-order valence-electron chi connectivity index (χ0n) is 15.8. The van der Waals surface area contributed by atoms with Crippen molar-refractivity contribution >= 4 is 17.7 Å². The van der Waals surface area contributed by atoms with Gasteiger partial charge in [0.15, 0.2) is 12.4 Å². The number of esters is 1. The van der Waals surface area contributed by atoms with Gasteiger partial charge in [-0.25, -0.2) is 4.79 Å². The number of likely N-dealkylation sites (N-methyl/N-ethyl adjacent to an activating group) is 1. The van der Waals surface area contributed by atoms with E-state index in [0.29, 0.717) is 23.4 Å². The van der Waals surface area contributed by atoms with Crippen LogP contribution in [0.5, 0.6) is 0 Å². The van der Waals surface area contributed by atoms with Crippen molar-refractivity contribution in [1.82, 2.24) is 9.88 Å². The number of ether oxygens (including phenoxy) is 1. The number of carbonyl (C=O) groups excluding carboxylic acids is 3. The van der Waals surface area contributed by atoms with Crippen LogP contribution in [0.1, 0.15) is 50.2 Å². The van der Waals surface area contributed by atoms with Crippen molar-refractivity contribution in [2.45, 2.75) is 34.2 Å². The Morgan fingerprint density at radius 3 is 2.23 bits per heavy atom. The Kier molecular flexibility index (Phi) is 5.97. The van der Waals surface area contributed by atoms with Crippen LogP contribution in [0.4, 0.5) is 0 Å². The number of Topliss-reactive ketones (excluding diaryl/α,β-unsaturated/α-hetero) is 1. The molecule has 138 valence electrons. The Morgan fingerprint density at radius 1 is 1.08 bits per heavy atom.